The van der Waals surface area contributed by atoms with Gasteiger partial charge in [-0.25, -0.2) is 0 Å². The molecule has 2 fully saturated rings. The first kappa shape index (κ1) is 18.7. The molecule has 1 N–H and O–H groups in total. The molecule has 24 heavy (non-hydrogen) atoms. The normalized spacial score (nSPS) is 20.9. The van der Waals surface area contributed by atoms with Crippen molar-refractivity contribution < 1.29 is 9.59 Å². The van der Waals surface area contributed by atoms with E-state index in [0.717, 1.165) is 44.7 Å². The van der Waals surface area contributed by atoms with Crippen LogP contribution in [0.25, 0.3) is 0 Å². The van der Waals surface area contributed by atoms with E-state index < -0.39 is 0 Å². The third kappa shape index (κ3) is 4.08. The van der Waals surface area contributed by atoms with Gasteiger partial charge >= 0.3 is 0 Å². The molecule has 1 unspecified atom stereocenters. The van der Waals surface area contributed by atoms with E-state index in [2.05, 4.69) is 5.32 Å². The Morgan fingerprint density at radius 1 is 1.21 bits per heavy atom. The number of carbonyl (C=O) groups is 2. The maximum absolute atomic E-state index is 12.7. The fourth-order valence-electron chi connectivity index (χ4n) is 3.59. The van der Waals surface area contributed by atoms with Crippen LogP contribution < -0.4 is 10.2 Å². The number of anilines is 1. The third-order valence-corrected chi connectivity index (χ3v) is 4.80. The van der Waals surface area contributed by atoms with Crippen LogP contribution in [0.3, 0.4) is 0 Å². The Kier molecular flexibility index (Phi) is 6.63. The van der Waals surface area contributed by atoms with E-state index in [4.69, 9.17) is 0 Å². The van der Waals surface area contributed by atoms with Crippen LogP contribution in [0.2, 0.25) is 0 Å². The second-order valence-electron chi connectivity index (χ2n) is 6.51. The van der Waals surface area contributed by atoms with Crippen molar-refractivity contribution in [3.8, 4) is 0 Å². The summed E-state index contributed by atoms with van der Waals surface area (Å²) in [5.74, 6) is 0.819. The zero-order valence-corrected chi connectivity index (χ0v) is 15.0. The van der Waals surface area contributed by atoms with E-state index in [0.29, 0.717) is 17.9 Å². The van der Waals surface area contributed by atoms with Crippen LogP contribution in [-0.2, 0) is 4.79 Å². The second-order valence-corrected chi connectivity index (χ2v) is 6.51. The quantitative estimate of drug-likeness (QED) is 0.905. The Morgan fingerprint density at radius 2 is 1.96 bits per heavy atom. The molecule has 1 atom stereocenters. The number of halogens is 1. The SMILES string of the molecule is CNCC1CCCN(C(=O)c2ccc(N3CCCC3=O)cc2)C1.Cl. The number of carbonyl (C=O) groups excluding carboxylic acids is 2. The lowest BCUT2D eigenvalue weighted by atomic mass is 9.97. The minimum absolute atomic E-state index is 0. The zero-order chi connectivity index (χ0) is 16.2. The molecule has 2 aliphatic heterocycles. The molecule has 2 aliphatic rings. The van der Waals surface area contributed by atoms with Crippen LogP contribution >= 0.6 is 12.4 Å². The highest BCUT2D eigenvalue weighted by Gasteiger charge is 2.25. The summed E-state index contributed by atoms with van der Waals surface area (Å²) in [5, 5.41) is 3.20. The van der Waals surface area contributed by atoms with Gasteiger partial charge in [-0.3, -0.25) is 9.59 Å². The summed E-state index contributed by atoms with van der Waals surface area (Å²) < 4.78 is 0. The van der Waals surface area contributed by atoms with Gasteiger partial charge in [0.15, 0.2) is 0 Å². The highest BCUT2D eigenvalue weighted by atomic mass is 35.5. The lowest BCUT2D eigenvalue weighted by molar-refractivity contribution is -0.117. The van der Waals surface area contributed by atoms with Crippen LogP contribution in [0.4, 0.5) is 5.69 Å². The molecule has 0 saturated carbocycles. The van der Waals surface area contributed by atoms with Crippen molar-refractivity contribution in [1.82, 2.24) is 10.2 Å². The largest absolute Gasteiger partial charge is 0.338 e. The number of rotatable bonds is 4. The summed E-state index contributed by atoms with van der Waals surface area (Å²) in [7, 11) is 1.96. The summed E-state index contributed by atoms with van der Waals surface area (Å²) in [5.41, 5.74) is 1.61. The molecule has 6 heteroatoms. The van der Waals surface area contributed by atoms with Crippen molar-refractivity contribution in [3.05, 3.63) is 29.8 Å². The zero-order valence-electron chi connectivity index (χ0n) is 14.2. The Morgan fingerprint density at radius 3 is 2.58 bits per heavy atom. The number of likely N-dealkylation sites (tertiary alicyclic amines) is 1. The summed E-state index contributed by atoms with van der Waals surface area (Å²) in [4.78, 5) is 28.2. The van der Waals surface area contributed by atoms with Crippen LogP contribution in [0, 0.1) is 5.92 Å². The molecular weight excluding hydrogens is 326 g/mol. The molecular formula is C18H26ClN3O2. The second kappa shape index (κ2) is 8.49. The van der Waals surface area contributed by atoms with Crippen molar-refractivity contribution in [3.63, 3.8) is 0 Å². The van der Waals surface area contributed by atoms with E-state index >= 15 is 0 Å². The molecule has 1 aromatic rings. The van der Waals surface area contributed by atoms with Gasteiger partial charge in [0.25, 0.3) is 5.91 Å². The van der Waals surface area contributed by atoms with Crippen LogP contribution in [0.15, 0.2) is 24.3 Å². The molecule has 1 aromatic carbocycles. The average molecular weight is 352 g/mol. The number of nitrogens with zero attached hydrogens (tertiary/aromatic N) is 2. The fraction of sp³-hybridized carbons (Fsp3) is 0.556. The number of hydrogen-bond donors (Lipinski definition) is 1. The van der Waals surface area contributed by atoms with E-state index in [-0.39, 0.29) is 24.2 Å². The molecule has 0 bridgehead atoms. The van der Waals surface area contributed by atoms with Gasteiger partial charge in [-0.15, -0.1) is 12.4 Å². The van der Waals surface area contributed by atoms with Crippen LogP contribution in [-0.4, -0.2) is 49.9 Å². The highest BCUT2D eigenvalue weighted by Crippen LogP contribution is 2.23. The molecule has 2 amide bonds. The summed E-state index contributed by atoms with van der Waals surface area (Å²) in [6.45, 7) is 3.40. The van der Waals surface area contributed by atoms with E-state index in [1.807, 2.05) is 36.2 Å². The first-order valence-electron chi connectivity index (χ1n) is 8.53. The number of amides is 2. The van der Waals surface area contributed by atoms with Gasteiger partial charge in [0.05, 0.1) is 0 Å². The van der Waals surface area contributed by atoms with E-state index in [1.54, 1.807) is 4.90 Å². The molecule has 132 valence electrons. The van der Waals surface area contributed by atoms with Crippen LogP contribution in [0.5, 0.6) is 0 Å². The summed E-state index contributed by atoms with van der Waals surface area (Å²) in [6.07, 6.45) is 3.79. The van der Waals surface area contributed by atoms with Gasteiger partial charge in [-0.2, -0.15) is 0 Å². The predicted octanol–water partition coefficient (Wildman–Crippen LogP) is 2.31. The molecule has 0 spiro atoms. The smallest absolute Gasteiger partial charge is 0.253 e. The topological polar surface area (TPSA) is 52.7 Å². The first-order chi connectivity index (χ1) is 11.2. The minimum atomic E-state index is 0. The Bertz CT molecular complexity index is 574. The number of hydrogen-bond acceptors (Lipinski definition) is 3. The van der Waals surface area contributed by atoms with Crippen molar-refractivity contribution in [2.45, 2.75) is 25.7 Å². The Balaban J connectivity index is 0.00000208. The lowest BCUT2D eigenvalue weighted by Gasteiger charge is -2.32. The monoisotopic (exact) mass is 351 g/mol. The minimum Gasteiger partial charge on any atom is -0.338 e. The third-order valence-electron chi connectivity index (χ3n) is 4.80. The Labute approximate surface area is 149 Å². The molecule has 0 radical (unpaired) electrons. The van der Waals surface area contributed by atoms with Crippen molar-refractivity contribution in [2.75, 3.05) is 38.1 Å². The summed E-state index contributed by atoms with van der Waals surface area (Å²) in [6, 6.07) is 7.49. The molecule has 0 aromatic heterocycles. The average Bonchev–Trinajstić information content (AvgIpc) is 3.01. The standard InChI is InChI=1S/C18H25N3O2.ClH/c1-19-12-14-4-2-10-20(13-14)18(23)15-6-8-16(9-7-15)21-11-3-5-17(21)22;/h6-9,14,19H,2-5,10-13H2,1H3;1H. The molecule has 2 saturated heterocycles. The predicted molar refractivity (Wildman–Crippen MR) is 97.8 cm³/mol. The Hall–Kier alpha value is -1.59. The molecule has 3 rings (SSSR count). The van der Waals surface area contributed by atoms with Gasteiger partial charge < -0.3 is 15.1 Å². The van der Waals surface area contributed by atoms with E-state index in [1.165, 1.54) is 6.42 Å². The van der Waals surface area contributed by atoms with Gasteiger partial charge in [0.2, 0.25) is 5.91 Å². The van der Waals surface area contributed by atoms with Gasteiger partial charge in [-0.1, -0.05) is 0 Å². The first-order valence-corrected chi connectivity index (χ1v) is 8.53. The van der Waals surface area contributed by atoms with Crippen molar-refractivity contribution in [2.24, 2.45) is 5.92 Å². The van der Waals surface area contributed by atoms with E-state index in [9.17, 15) is 9.59 Å². The lowest BCUT2D eigenvalue weighted by Crippen LogP contribution is -2.42. The number of benzene rings is 1. The van der Waals surface area contributed by atoms with Crippen LogP contribution in [0.1, 0.15) is 36.0 Å². The summed E-state index contributed by atoms with van der Waals surface area (Å²) >= 11 is 0. The maximum Gasteiger partial charge on any atom is 0.253 e. The molecule has 2 heterocycles. The van der Waals surface area contributed by atoms with Crippen molar-refractivity contribution in [1.29, 1.82) is 0 Å². The van der Waals surface area contributed by atoms with Crippen molar-refractivity contribution >= 4 is 29.9 Å². The van der Waals surface area contributed by atoms with Gasteiger partial charge in [0.1, 0.15) is 0 Å². The van der Waals surface area contributed by atoms with Gasteiger partial charge in [0, 0.05) is 37.3 Å². The highest BCUT2D eigenvalue weighted by molar-refractivity contribution is 5.97. The molecule has 5 nitrogen and oxygen atoms in total. The fourth-order valence-corrected chi connectivity index (χ4v) is 3.59. The molecule has 0 aliphatic carbocycles. The maximum atomic E-state index is 12.7. The number of nitrogens with one attached hydrogen (secondary N) is 1. The van der Waals surface area contributed by atoms with Gasteiger partial charge in [-0.05, 0) is 63.0 Å². The number of piperidine rings is 1.